The number of nitriles is 1. The summed E-state index contributed by atoms with van der Waals surface area (Å²) in [7, 11) is 2.58. The van der Waals surface area contributed by atoms with Crippen molar-refractivity contribution in [3.8, 4) is 17.5 Å². The molecule has 1 aliphatic heterocycles. The minimum Gasteiger partial charge on any atom is -0.491 e. The van der Waals surface area contributed by atoms with Gasteiger partial charge in [-0.2, -0.15) is 10.4 Å². The highest BCUT2D eigenvalue weighted by atomic mass is 79.9. The standard InChI is InChI=1S/C22H24BrFN4O5/c1-22(2,3)33-21(30)27-9-8-14-18(16(27)11-25)13(10-17(29)31-4)26-28(14)15-7-6-12(23)19(24)20(15)32-5/h6-7,16H,8-10H2,1-5H3. The van der Waals surface area contributed by atoms with E-state index in [1.165, 1.54) is 29.9 Å². The average molecular weight is 523 g/mol. The van der Waals surface area contributed by atoms with Crippen molar-refractivity contribution in [2.75, 3.05) is 20.8 Å². The van der Waals surface area contributed by atoms with Gasteiger partial charge in [-0.15, -0.1) is 0 Å². The van der Waals surface area contributed by atoms with E-state index >= 15 is 0 Å². The number of hydrogen-bond donors (Lipinski definition) is 0. The summed E-state index contributed by atoms with van der Waals surface area (Å²) in [6.45, 7) is 5.37. The summed E-state index contributed by atoms with van der Waals surface area (Å²) in [5.41, 5.74) is 0.763. The Morgan fingerprint density at radius 3 is 2.61 bits per heavy atom. The molecule has 33 heavy (non-hydrogen) atoms. The molecule has 2 heterocycles. The molecule has 1 aliphatic rings. The molecule has 1 unspecified atom stereocenters. The predicted molar refractivity (Wildman–Crippen MR) is 118 cm³/mol. The normalized spacial score (nSPS) is 15.5. The van der Waals surface area contributed by atoms with Crippen molar-refractivity contribution in [3.05, 3.63) is 39.4 Å². The molecule has 0 radical (unpaired) electrons. The zero-order valence-corrected chi connectivity index (χ0v) is 20.5. The number of carbonyl (C=O) groups excluding carboxylic acids is 2. The molecule has 11 heteroatoms. The molecule has 9 nitrogen and oxygen atoms in total. The van der Waals surface area contributed by atoms with Crippen LogP contribution in [0.4, 0.5) is 9.18 Å². The van der Waals surface area contributed by atoms with Crippen LogP contribution in [-0.2, 0) is 27.1 Å². The van der Waals surface area contributed by atoms with Crippen molar-refractivity contribution in [1.82, 2.24) is 14.7 Å². The van der Waals surface area contributed by atoms with E-state index in [4.69, 9.17) is 14.2 Å². The number of amides is 1. The van der Waals surface area contributed by atoms with E-state index in [2.05, 4.69) is 27.1 Å². The van der Waals surface area contributed by atoms with Crippen LogP contribution < -0.4 is 4.74 Å². The molecule has 1 amide bonds. The molecule has 0 aliphatic carbocycles. The molecule has 0 fully saturated rings. The van der Waals surface area contributed by atoms with Crippen molar-refractivity contribution in [1.29, 1.82) is 5.26 Å². The Morgan fingerprint density at radius 1 is 1.33 bits per heavy atom. The largest absolute Gasteiger partial charge is 0.491 e. The van der Waals surface area contributed by atoms with Crippen LogP contribution in [0, 0.1) is 17.1 Å². The molecular formula is C22H24BrFN4O5. The number of rotatable bonds is 4. The van der Waals surface area contributed by atoms with Gasteiger partial charge in [-0.1, -0.05) is 0 Å². The minimum atomic E-state index is -1.05. The number of ether oxygens (including phenoxy) is 3. The molecule has 0 saturated heterocycles. The zero-order chi connectivity index (χ0) is 24.5. The third-order valence-corrected chi connectivity index (χ3v) is 5.64. The molecule has 0 spiro atoms. The van der Waals surface area contributed by atoms with E-state index in [1.54, 1.807) is 26.8 Å². The first-order chi connectivity index (χ1) is 15.5. The first-order valence-electron chi connectivity index (χ1n) is 10.1. The first-order valence-corrected chi connectivity index (χ1v) is 10.9. The van der Waals surface area contributed by atoms with Gasteiger partial charge in [0.15, 0.2) is 17.6 Å². The maximum atomic E-state index is 14.7. The fraction of sp³-hybridized carbons (Fsp3) is 0.455. The Morgan fingerprint density at radius 2 is 2.03 bits per heavy atom. The van der Waals surface area contributed by atoms with Crippen molar-refractivity contribution in [3.63, 3.8) is 0 Å². The van der Waals surface area contributed by atoms with Crippen LogP contribution in [0.15, 0.2) is 16.6 Å². The Kier molecular flexibility index (Phi) is 6.97. The number of methoxy groups -OCH3 is 2. The van der Waals surface area contributed by atoms with Gasteiger partial charge in [0.05, 0.1) is 42.6 Å². The summed E-state index contributed by atoms with van der Waals surface area (Å²) in [6, 6.07) is 4.20. The Bertz CT molecular complexity index is 1140. The third kappa shape index (κ3) is 4.80. The molecule has 0 N–H and O–H groups in total. The molecule has 2 aromatic rings. The number of aromatic nitrogens is 2. The fourth-order valence-electron chi connectivity index (χ4n) is 3.66. The monoisotopic (exact) mass is 522 g/mol. The second kappa shape index (κ2) is 9.39. The van der Waals surface area contributed by atoms with Crippen LogP contribution >= 0.6 is 15.9 Å². The molecule has 0 bridgehead atoms. The summed E-state index contributed by atoms with van der Waals surface area (Å²) < 4.78 is 31.9. The topological polar surface area (TPSA) is 107 Å². The van der Waals surface area contributed by atoms with Crippen LogP contribution in [0.5, 0.6) is 5.75 Å². The SMILES string of the molecule is COC(=O)Cc1nn(-c2ccc(Br)c(F)c2OC)c2c1C(C#N)N(C(=O)OC(C)(C)C)CC2. The molecule has 176 valence electrons. The van der Waals surface area contributed by atoms with Gasteiger partial charge in [0.2, 0.25) is 0 Å². The number of halogens is 2. The highest BCUT2D eigenvalue weighted by molar-refractivity contribution is 9.10. The van der Waals surface area contributed by atoms with Crippen LogP contribution in [-0.4, -0.2) is 53.1 Å². The first kappa shape index (κ1) is 24.5. The highest BCUT2D eigenvalue weighted by Gasteiger charge is 2.39. The number of carbonyl (C=O) groups is 2. The number of hydrogen-bond acceptors (Lipinski definition) is 7. The van der Waals surface area contributed by atoms with Crippen LogP contribution in [0.25, 0.3) is 5.69 Å². The average Bonchev–Trinajstić information content (AvgIpc) is 3.11. The lowest BCUT2D eigenvalue weighted by atomic mass is 9.96. The van der Waals surface area contributed by atoms with Gasteiger partial charge in [-0.25, -0.2) is 13.9 Å². The number of fused-ring (bicyclic) bond motifs is 1. The van der Waals surface area contributed by atoms with E-state index in [-0.39, 0.29) is 28.9 Å². The summed E-state index contributed by atoms with van der Waals surface area (Å²) in [5.74, 6) is -1.23. The molecule has 3 rings (SSSR count). The summed E-state index contributed by atoms with van der Waals surface area (Å²) in [6.07, 6.45) is -0.585. The van der Waals surface area contributed by atoms with Gasteiger partial charge in [-0.3, -0.25) is 9.69 Å². The second-order valence-corrected chi connectivity index (χ2v) is 9.20. The Labute approximate surface area is 199 Å². The maximum absolute atomic E-state index is 14.7. The molecule has 1 aromatic carbocycles. The van der Waals surface area contributed by atoms with E-state index in [1.807, 2.05) is 0 Å². The summed E-state index contributed by atoms with van der Waals surface area (Å²) in [4.78, 5) is 26.2. The zero-order valence-electron chi connectivity index (χ0n) is 18.9. The van der Waals surface area contributed by atoms with E-state index in [9.17, 15) is 19.2 Å². The smallest absolute Gasteiger partial charge is 0.411 e. The quantitative estimate of drug-likeness (QED) is 0.561. The van der Waals surface area contributed by atoms with Gasteiger partial charge in [-0.05, 0) is 48.8 Å². The van der Waals surface area contributed by atoms with E-state index < -0.39 is 29.5 Å². The Hall–Kier alpha value is -3.13. The van der Waals surface area contributed by atoms with Crippen molar-refractivity contribution in [2.24, 2.45) is 0 Å². The third-order valence-electron chi connectivity index (χ3n) is 5.02. The minimum absolute atomic E-state index is 0.0534. The van der Waals surface area contributed by atoms with Crippen molar-refractivity contribution < 1.29 is 28.2 Å². The Balaban J connectivity index is 2.18. The van der Waals surface area contributed by atoms with Crippen molar-refractivity contribution >= 4 is 28.0 Å². The lowest BCUT2D eigenvalue weighted by Crippen LogP contribution is -2.43. The van der Waals surface area contributed by atoms with E-state index in [0.717, 1.165) is 0 Å². The second-order valence-electron chi connectivity index (χ2n) is 8.34. The predicted octanol–water partition coefficient (Wildman–Crippen LogP) is 3.86. The molecular weight excluding hydrogens is 499 g/mol. The van der Waals surface area contributed by atoms with Gasteiger partial charge in [0.1, 0.15) is 11.3 Å². The molecule has 0 saturated carbocycles. The van der Waals surface area contributed by atoms with Crippen molar-refractivity contribution in [2.45, 2.75) is 45.3 Å². The lowest BCUT2D eigenvalue weighted by Gasteiger charge is -2.33. The number of benzene rings is 1. The van der Waals surface area contributed by atoms with Crippen LogP contribution in [0.1, 0.15) is 43.8 Å². The molecule has 1 aromatic heterocycles. The van der Waals surface area contributed by atoms with Gasteiger partial charge in [0, 0.05) is 18.5 Å². The molecule has 1 atom stereocenters. The highest BCUT2D eigenvalue weighted by Crippen LogP contribution is 2.38. The lowest BCUT2D eigenvalue weighted by molar-refractivity contribution is -0.139. The van der Waals surface area contributed by atoms with Crippen LogP contribution in [0.3, 0.4) is 0 Å². The van der Waals surface area contributed by atoms with E-state index in [0.29, 0.717) is 23.4 Å². The fourth-order valence-corrected chi connectivity index (χ4v) is 3.97. The summed E-state index contributed by atoms with van der Waals surface area (Å²) in [5, 5.41) is 14.5. The number of nitrogens with zero attached hydrogens (tertiary/aromatic N) is 4. The van der Waals surface area contributed by atoms with Gasteiger partial charge in [0.25, 0.3) is 0 Å². The summed E-state index contributed by atoms with van der Waals surface area (Å²) >= 11 is 3.14. The van der Waals surface area contributed by atoms with Crippen LogP contribution in [0.2, 0.25) is 0 Å². The maximum Gasteiger partial charge on any atom is 0.411 e. The number of esters is 1. The van der Waals surface area contributed by atoms with Gasteiger partial charge < -0.3 is 14.2 Å². The van der Waals surface area contributed by atoms with Gasteiger partial charge >= 0.3 is 12.1 Å².